The molecule has 0 bridgehead atoms. The minimum Gasteiger partial charge on any atom is -0.299 e. The van der Waals surface area contributed by atoms with Crippen LogP contribution in [-0.2, 0) is 6.54 Å². The van der Waals surface area contributed by atoms with Crippen LogP contribution in [0.5, 0.6) is 0 Å². The van der Waals surface area contributed by atoms with Crippen LogP contribution in [-0.4, -0.2) is 27.8 Å². The summed E-state index contributed by atoms with van der Waals surface area (Å²) in [5, 5.41) is 5.04. The fraction of sp³-hybridized carbons (Fsp3) is 0.273. The summed E-state index contributed by atoms with van der Waals surface area (Å²) in [4.78, 5) is 15.4. The van der Waals surface area contributed by atoms with Crippen LogP contribution in [0, 0.1) is 0 Å². The fourth-order valence-electron chi connectivity index (χ4n) is 3.70. The first-order chi connectivity index (χ1) is 13.2. The molecule has 1 aliphatic heterocycles. The van der Waals surface area contributed by atoms with E-state index in [1.54, 1.807) is 16.9 Å². The predicted octanol–water partition coefficient (Wildman–Crippen LogP) is 4.40. The molecule has 0 radical (unpaired) electrons. The molecule has 27 heavy (non-hydrogen) atoms. The number of piperidine rings is 1. The molecule has 0 saturated carbocycles. The van der Waals surface area contributed by atoms with Crippen molar-refractivity contribution in [1.29, 1.82) is 0 Å². The Labute approximate surface area is 164 Å². The number of hydrogen-bond donors (Lipinski definition) is 0. The second-order valence-corrected chi connectivity index (χ2v) is 7.43. The van der Waals surface area contributed by atoms with Crippen LogP contribution in [0.2, 0.25) is 5.02 Å². The van der Waals surface area contributed by atoms with Crippen LogP contribution in [0.1, 0.15) is 24.4 Å². The molecule has 1 saturated heterocycles. The molecule has 5 heteroatoms. The summed E-state index contributed by atoms with van der Waals surface area (Å²) in [6, 6.07) is 19.8. The van der Waals surface area contributed by atoms with E-state index in [2.05, 4.69) is 34.3 Å². The number of hydrogen-bond acceptors (Lipinski definition) is 3. The summed E-state index contributed by atoms with van der Waals surface area (Å²) in [6.07, 6.45) is 3.59. The van der Waals surface area contributed by atoms with E-state index < -0.39 is 0 Å². The largest absolute Gasteiger partial charge is 0.299 e. The molecular weight excluding hydrogens is 358 g/mol. The maximum absolute atomic E-state index is 13.0. The monoisotopic (exact) mass is 379 g/mol. The molecular formula is C22H22ClN3O. The first kappa shape index (κ1) is 18.0. The molecule has 2 aromatic carbocycles. The molecule has 1 aliphatic rings. The zero-order valence-electron chi connectivity index (χ0n) is 15.1. The number of benzene rings is 2. The first-order valence-corrected chi connectivity index (χ1v) is 9.68. The van der Waals surface area contributed by atoms with E-state index >= 15 is 0 Å². The number of halogens is 1. The van der Waals surface area contributed by atoms with Crippen molar-refractivity contribution in [2.24, 2.45) is 0 Å². The Bertz CT molecular complexity index is 945. The summed E-state index contributed by atoms with van der Waals surface area (Å²) in [7, 11) is 0. The van der Waals surface area contributed by atoms with Crippen molar-refractivity contribution in [3.63, 3.8) is 0 Å². The highest BCUT2D eigenvalue weighted by atomic mass is 35.5. The minimum absolute atomic E-state index is 0.0265. The fourth-order valence-corrected chi connectivity index (χ4v) is 3.83. The highest BCUT2D eigenvalue weighted by molar-refractivity contribution is 6.30. The topological polar surface area (TPSA) is 38.1 Å². The van der Waals surface area contributed by atoms with Gasteiger partial charge in [0.05, 0.1) is 11.6 Å². The van der Waals surface area contributed by atoms with E-state index in [-0.39, 0.29) is 11.6 Å². The van der Waals surface area contributed by atoms with Crippen LogP contribution in [0.4, 0.5) is 0 Å². The Kier molecular flexibility index (Phi) is 5.37. The van der Waals surface area contributed by atoms with Gasteiger partial charge in [-0.05, 0) is 42.2 Å². The molecule has 2 heterocycles. The lowest BCUT2D eigenvalue weighted by atomic mass is 10.0. The molecule has 1 aromatic heterocycles. The molecule has 138 valence electrons. The second-order valence-electron chi connectivity index (χ2n) is 6.99. The quantitative estimate of drug-likeness (QED) is 0.674. The van der Waals surface area contributed by atoms with E-state index in [9.17, 15) is 4.79 Å². The van der Waals surface area contributed by atoms with Crippen molar-refractivity contribution in [2.45, 2.75) is 25.4 Å². The van der Waals surface area contributed by atoms with Gasteiger partial charge in [0.1, 0.15) is 0 Å². The van der Waals surface area contributed by atoms with E-state index in [0.29, 0.717) is 10.6 Å². The lowest BCUT2D eigenvalue weighted by Crippen LogP contribution is -2.38. The maximum atomic E-state index is 13.0. The minimum atomic E-state index is -0.0265. The van der Waals surface area contributed by atoms with Gasteiger partial charge >= 0.3 is 0 Å². The summed E-state index contributed by atoms with van der Waals surface area (Å²) in [5.41, 5.74) is 2.85. The van der Waals surface area contributed by atoms with Gasteiger partial charge in [-0.2, -0.15) is 5.10 Å². The van der Waals surface area contributed by atoms with Gasteiger partial charge in [0, 0.05) is 30.9 Å². The highest BCUT2D eigenvalue weighted by Gasteiger charge is 2.23. The van der Waals surface area contributed by atoms with Crippen LogP contribution in [0.25, 0.3) is 11.1 Å². The van der Waals surface area contributed by atoms with Gasteiger partial charge in [-0.1, -0.05) is 54.1 Å². The van der Waals surface area contributed by atoms with Gasteiger partial charge in [0.25, 0.3) is 5.56 Å². The van der Waals surface area contributed by atoms with Crippen LogP contribution < -0.4 is 5.56 Å². The maximum Gasteiger partial charge on any atom is 0.274 e. The van der Waals surface area contributed by atoms with Crippen molar-refractivity contribution < 1.29 is 0 Å². The molecule has 3 aromatic rings. The SMILES string of the molecule is O=c1c(-c2ccc(Cl)cc2)ccnn1C1CCN(Cc2ccccc2)CC1. The van der Waals surface area contributed by atoms with E-state index in [1.165, 1.54) is 5.56 Å². The van der Waals surface area contributed by atoms with Crippen molar-refractivity contribution in [1.82, 2.24) is 14.7 Å². The van der Waals surface area contributed by atoms with Gasteiger partial charge in [-0.25, -0.2) is 4.68 Å². The van der Waals surface area contributed by atoms with Crippen LogP contribution in [0.3, 0.4) is 0 Å². The lowest BCUT2D eigenvalue weighted by Gasteiger charge is -2.32. The van der Waals surface area contributed by atoms with Crippen molar-refractivity contribution >= 4 is 11.6 Å². The Balaban J connectivity index is 1.48. The third-order valence-electron chi connectivity index (χ3n) is 5.18. The zero-order chi connectivity index (χ0) is 18.6. The number of rotatable bonds is 4. The average Bonchev–Trinajstić information content (AvgIpc) is 2.71. The number of aromatic nitrogens is 2. The molecule has 4 nitrogen and oxygen atoms in total. The van der Waals surface area contributed by atoms with E-state index in [0.717, 1.165) is 38.0 Å². The Morgan fingerprint density at radius 3 is 2.37 bits per heavy atom. The Morgan fingerprint density at radius 2 is 1.67 bits per heavy atom. The molecule has 0 N–H and O–H groups in total. The third kappa shape index (κ3) is 4.12. The summed E-state index contributed by atoms with van der Waals surface area (Å²) >= 11 is 5.96. The standard InChI is InChI=1S/C22H22ClN3O/c23-19-8-6-18(7-9-19)21-10-13-24-26(22(21)27)20-11-14-25(15-12-20)16-17-4-2-1-3-5-17/h1-10,13,20H,11-12,14-16H2. The summed E-state index contributed by atoms with van der Waals surface area (Å²) < 4.78 is 1.67. The predicted molar refractivity (Wildman–Crippen MR) is 109 cm³/mol. The molecule has 4 rings (SSSR count). The third-order valence-corrected chi connectivity index (χ3v) is 5.43. The summed E-state index contributed by atoms with van der Waals surface area (Å²) in [6.45, 7) is 2.90. The Morgan fingerprint density at radius 1 is 0.963 bits per heavy atom. The lowest BCUT2D eigenvalue weighted by molar-refractivity contribution is 0.170. The molecule has 0 aliphatic carbocycles. The normalized spacial score (nSPS) is 15.7. The smallest absolute Gasteiger partial charge is 0.274 e. The molecule has 1 fully saturated rings. The van der Waals surface area contributed by atoms with E-state index in [4.69, 9.17) is 11.6 Å². The molecule has 0 atom stereocenters. The Hall–Kier alpha value is -2.43. The van der Waals surface area contributed by atoms with Gasteiger partial charge in [0.15, 0.2) is 0 Å². The van der Waals surface area contributed by atoms with Crippen molar-refractivity contribution in [3.8, 4) is 11.1 Å². The highest BCUT2D eigenvalue weighted by Crippen LogP contribution is 2.23. The van der Waals surface area contributed by atoms with Gasteiger partial charge in [0.2, 0.25) is 0 Å². The summed E-state index contributed by atoms with van der Waals surface area (Å²) in [5.74, 6) is 0. The molecule has 0 amide bonds. The van der Waals surface area contributed by atoms with Crippen molar-refractivity contribution in [3.05, 3.63) is 87.8 Å². The van der Waals surface area contributed by atoms with Crippen LogP contribution in [0.15, 0.2) is 71.7 Å². The van der Waals surface area contributed by atoms with Crippen LogP contribution >= 0.6 is 11.6 Å². The first-order valence-electron chi connectivity index (χ1n) is 9.31. The van der Waals surface area contributed by atoms with Gasteiger partial charge in [-0.15, -0.1) is 0 Å². The average molecular weight is 380 g/mol. The number of likely N-dealkylation sites (tertiary alicyclic amines) is 1. The molecule has 0 spiro atoms. The van der Waals surface area contributed by atoms with Crippen molar-refractivity contribution in [2.75, 3.05) is 13.1 Å². The van der Waals surface area contributed by atoms with E-state index in [1.807, 2.05) is 30.3 Å². The number of nitrogens with zero attached hydrogens (tertiary/aromatic N) is 3. The second kappa shape index (κ2) is 8.07. The van der Waals surface area contributed by atoms with Gasteiger partial charge in [-0.3, -0.25) is 9.69 Å². The molecule has 0 unspecified atom stereocenters. The van der Waals surface area contributed by atoms with Gasteiger partial charge < -0.3 is 0 Å². The zero-order valence-corrected chi connectivity index (χ0v) is 15.8.